The molecule has 3 aromatic rings. The largest absolute Gasteiger partial charge is 0.497 e. The fourth-order valence-corrected chi connectivity index (χ4v) is 3.49. The molecule has 1 N–H and O–H groups in total. The molecule has 0 spiro atoms. The van der Waals surface area contributed by atoms with Crippen molar-refractivity contribution in [1.82, 2.24) is 0 Å². The molecule has 0 aliphatic carbocycles. The van der Waals surface area contributed by atoms with Gasteiger partial charge in [-0.15, -0.1) is 0 Å². The maximum Gasteiger partial charge on any atom is 0.333 e. The molecular weight excluding hydrogens is 464 g/mol. The highest BCUT2D eigenvalue weighted by molar-refractivity contribution is 6.10. The lowest BCUT2D eigenvalue weighted by molar-refractivity contribution is -0.148. The van der Waals surface area contributed by atoms with Gasteiger partial charge in [0.25, 0.3) is 0 Å². The summed E-state index contributed by atoms with van der Waals surface area (Å²) in [5, 5.41) is 9.07. The molecule has 0 saturated carbocycles. The second kappa shape index (κ2) is 13.2. The van der Waals surface area contributed by atoms with Gasteiger partial charge in [0.2, 0.25) is 0 Å². The highest BCUT2D eigenvalue weighted by Crippen LogP contribution is 2.27. The maximum absolute atomic E-state index is 12.9. The molecule has 1 atom stereocenters. The van der Waals surface area contributed by atoms with Crippen molar-refractivity contribution in [3.05, 3.63) is 83.4 Å². The summed E-state index contributed by atoms with van der Waals surface area (Å²) in [4.78, 5) is 24.0. The van der Waals surface area contributed by atoms with Gasteiger partial charge in [0.1, 0.15) is 23.0 Å². The lowest BCUT2D eigenvalue weighted by Gasteiger charge is -2.12. The Morgan fingerprint density at radius 3 is 1.89 bits per heavy atom. The number of methoxy groups -OCH3 is 3. The van der Waals surface area contributed by atoms with E-state index >= 15 is 0 Å². The molecule has 8 nitrogen and oxygen atoms in total. The molecule has 0 bridgehead atoms. The summed E-state index contributed by atoms with van der Waals surface area (Å²) in [5.41, 5.74) is 1.84. The number of hydrogen-bond acceptors (Lipinski definition) is 7. The Labute approximate surface area is 210 Å². The van der Waals surface area contributed by atoms with E-state index in [1.54, 1.807) is 61.7 Å². The third-order valence-electron chi connectivity index (χ3n) is 5.50. The Hall–Kier alpha value is -4.04. The van der Waals surface area contributed by atoms with Crippen LogP contribution in [0.2, 0.25) is 0 Å². The molecule has 3 rings (SSSR count). The number of aliphatic carboxylic acids is 1. The molecule has 36 heavy (non-hydrogen) atoms. The number of rotatable bonds is 14. The molecule has 0 amide bonds. The third kappa shape index (κ3) is 7.23. The van der Waals surface area contributed by atoms with Crippen LogP contribution in [0.25, 0.3) is 0 Å². The van der Waals surface area contributed by atoms with E-state index in [2.05, 4.69) is 0 Å². The fraction of sp³-hybridized carbons (Fsp3) is 0.286. The van der Waals surface area contributed by atoms with Crippen molar-refractivity contribution in [2.24, 2.45) is 0 Å². The minimum atomic E-state index is -0.989. The monoisotopic (exact) mass is 494 g/mol. The van der Waals surface area contributed by atoms with Gasteiger partial charge in [0, 0.05) is 31.6 Å². The van der Waals surface area contributed by atoms with Gasteiger partial charge in [-0.3, -0.25) is 4.79 Å². The summed E-state index contributed by atoms with van der Waals surface area (Å²) in [5.74, 6) is 1.28. The van der Waals surface area contributed by atoms with Crippen molar-refractivity contribution in [3.63, 3.8) is 0 Å². The van der Waals surface area contributed by atoms with Crippen molar-refractivity contribution >= 4 is 11.8 Å². The zero-order valence-electron chi connectivity index (χ0n) is 20.6. The van der Waals surface area contributed by atoms with Crippen LogP contribution in [0.4, 0.5) is 0 Å². The van der Waals surface area contributed by atoms with Crippen molar-refractivity contribution in [3.8, 4) is 23.0 Å². The van der Waals surface area contributed by atoms with Crippen LogP contribution in [0.15, 0.2) is 66.7 Å². The van der Waals surface area contributed by atoms with Gasteiger partial charge in [-0.05, 0) is 54.1 Å². The normalized spacial score (nSPS) is 11.4. The lowest BCUT2D eigenvalue weighted by Crippen LogP contribution is -2.24. The maximum atomic E-state index is 12.9. The van der Waals surface area contributed by atoms with Crippen molar-refractivity contribution in [2.45, 2.75) is 18.9 Å². The Kier molecular flexibility index (Phi) is 9.71. The van der Waals surface area contributed by atoms with Crippen LogP contribution in [-0.2, 0) is 16.0 Å². The van der Waals surface area contributed by atoms with Gasteiger partial charge in [0.05, 0.1) is 33.0 Å². The first-order valence-electron chi connectivity index (χ1n) is 11.4. The summed E-state index contributed by atoms with van der Waals surface area (Å²) in [7, 11) is 4.45. The molecule has 8 heteroatoms. The van der Waals surface area contributed by atoms with Crippen LogP contribution in [0.1, 0.15) is 27.9 Å². The molecule has 3 aromatic carbocycles. The van der Waals surface area contributed by atoms with E-state index in [9.17, 15) is 9.59 Å². The molecule has 0 fully saturated rings. The van der Waals surface area contributed by atoms with E-state index in [1.807, 2.05) is 12.1 Å². The molecule has 190 valence electrons. The highest BCUT2D eigenvalue weighted by atomic mass is 16.5. The van der Waals surface area contributed by atoms with Crippen molar-refractivity contribution in [1.29, 1.82) is 0 Å². The molecule has 0 aliphatic heterocycles. The molecule has 0 heterocycles. The van der Waals surface area contributed by atoms with E-state index in [1.165, 1.54) is 14.2 Å². The van der Waals surface area contributed by atoms with Gasteiger partial charge < -0.3 is 28.8 Å². The molecular formula is C28H30O8. The molecule has 0 aliphatic rings. The Morgan fingerprint density at radius 1 is 0.778 bits per heavy atom. The van der Waals surface area contributed by atoms with E-state index in [0.29, 0.717) is 53.8 Å². The second-order valence-electron chi connectivity index (χ2n) is 7.88. The summed E-state index contributed by atoms with van der Waals surface area (Å²) in [6.45, 7) is 0.912. The average molecular weight is 495 g/mol. The van der Waals surface area contributed by atoms with Crippen LogP contribution in [-0.4, -0.2) is 57.5 Å². The molecule has 0 unspecified atom stereocenters. The van der Waals surface area contributed by atoms with E-state index < -0.39 is 12.1 Å². The number of carboxylic acids is 1. The predicted octanol–water partition coefficient (Wildman–Crippen LogP) is 4.42. The summed E-state index contributed by atoms with van der Waals surface area (Å²) >= 11 is 0. The summed E-state index contributed by atoms with van der Waals surface area (Å²) < 4.78 is 27.0. The molecule has 0 radical (unpaired) electrons. The lowest BCUT2D eigenvalue weighted by atomic mass is 10.0. The van der Waals surface area contributed by atoms with Crippen LogP contribution >= 0.6 is 0 Å². The Balaban J connectivity index is 1.44. The first-order chi connectivity index (χ1) is 17.4. The van der Waals surface area contributed by atoms with Crippen molar-refractivity contribution in [2.75, 3.05) is 34.5 Å². The quantitative estimate of drug-likeness (QED) is 0.260. The number of carboxylic acid groups (broad SMARTS) is 1. The first-order valence-corrected chi connectivity index (χ1v) is 11.4. The number of ether oxygens (including phenoxy) is 5. The van der Waals surface area contributed by atoms with Gasteiger partial charge in [-0.25, -0.2) is 4.79 Å². The predicted molar refractivity (Wildman–Crippen MR) is 134 cm³/mol. The topological polar surface area (TPSA) is 101 Å². The zero-order valence-corrected chi connectivity index (χ0v) is 20.6. The van der Waals surface area contributed by atoms with Crippen LogP contribution < -0.4 is 18.9 Å². The number of carbonyl (C=O) groups excluding carboxylic acids is 1. The minimum Gasteiger partial charge on any atom is -0.497 e. The minimum absolute atomic E-state index is 0.152. The second-order valence-corrected chi connectivity index (χ2v) is 7.88. The molecule has 0 aromatic heterocycles. The number of hydrogen-bond donors (Lipinski definition) is 1. The van der Waals surface area contributed by atoms with Gasteiger partial charge in [-0.1, -0.05) is 12.1 Å². The fourth-order valence-electron chi connectivity index (χ4n) is 3.49. The molecule has 0 saturated heterocycles. The van der Waals surface area contributed by atoms with Crippen LogP contribution in [0, 0.1) is 0 Å². The number of carbonyl (C=O) groups is 2. The Bertz CT molecular complexity index is 1140. The number of ketones is 1. The van der Waals surface area contributed by atoms with Gasteiger partial charge in [0.15, 0.2) is 11.9 Å². The first kappa shape index (κ1) is 26.6. The van der Waals surface area contributed by atoms with Crippen LogP contribution in [0.3, 0.4) is 0 Å². The Morgan fingerprint density at radius 2 is 1.36 bits per heavy atom. The van der Waals surface area contributed by atoms with E-state index in [0.717, 1.165) is 5.56 Å². The summed E-state index contributed by atoms with van der Waals surface area (Å²) in [6, 6.07) is 19.3. The highest BCUT2D eigenvalue weighted by Gasteiger charge is 2.17. The average Bonchev–Trinajstić information content (AvgIpc) is 2.91. The summed E-state index contributed by atoms with van der Waals surface area (Å²) in [6.07, 6.45) is 0.0835. The zero-order chi connectivity index (χ0) is 25.9. The smallest absolute Gasteiger partial charge is 0.333 e. The van der Waals surface area contributed by atoms with Gasteiger partial charge in [-0.2, -0.15) is 0 Å². The SMILES string of the molecule is COc1ccc(C(=O)c2ccc(OCCCOc3ccc(C[C@H](OC)C(=O)O)cc3)cc2)c(OC)c1. The van der Waals surface area contributed by atoms with E-state index in [-0.39, 0.29) is 12.2 Å². The van der Waals surface area contributed by atoms with Gasteiger partial charge >= 0.3 is 5.97 Å². The number of benzene rings is 3. The standard InChI is InChI=1S/C28H30O8/c1-32-23-13-14-24(25(18-23)33-2)27(29)20-7-11-22(12-8-20)36-16-4-15-35-21-9-5-19(6-10-21)17-26(34-3)28(30)31/h5-14,18,26H,4,15-17H2,1-3H3,(H,30,31)/t26-/m0/s1. The van der Waals surface area contributed by atoms with E-state index in [4.69, 9.17) is 28.8 Å². The third-order valence-corrected chi connectivity index (χ3v) is 5.50. The van der Waals surface area contributed by atoms with Crippen molar-refractivity contribution < 1.29 is 38.4 Å². The van der Waals surface area contributed by atoms with Crippen LogP contribution in [0.5, 0.6) is 23.0 Å².